The van der Waals surface area contributed by atoms with Gasteiger partial charge in [0.25, 0.3) is 0 Å². The van der Waals surface area contributed by atoms with Crippen LogP contribution < -0.4 is 4.74 Å². The highest BCUT2D eigenvalue weighted by Crippen LogP contribution is 2.25. The average molecular weight is 348 g/mol. The number of nitrogens with zero attached hydrogens (tertiary/aromatic N) is 4. The summed E-state index contributed by atoms with van der Waals surface area (Å²) in [4.78, 5) is 0. The van der Waals surface area contributed by atoms with E-state index >= 15 is 0 Å². The molecule has 0 aliphatic carbocycles. The molecule has 0 unspecified atom stereocenters. The Bertz CT molecular complexity index is 604. The Morgan fingerprint density at radius 1 is 1.13 bits per heavy atom. The maximum atomic E-state index is 12.1. The lowest BCUT2D eigenvalue weighted by Crippen LogP contribution is -2.17. The molecule has 126 valence electrons. The number of hydrogen-bond acceptors (Lipinski definition) is 6. The van der Waals surface area contributed by atoms with E-state index in [1.807, 2.05) is 0 Å². The topological polar surface area (TPSA) is 73.1 Å². The number of rotatable bonds is 8. The van der Waals surface area contributed by atoms with Gasteiger partial charge in [0.1, 0.15) is 5.75 Å². The van der Waals surface area contributed by atoms with Crippen LogP contribution in [0.3, 0.4) is 0 Å². The van der Waals surface area contributed by atoms with Crippen molar-refractivity contribution in [2.45, 2.75) is 30.8 Å². The number of alkyl halides is 3. The second-order valence-corrected chi connectivity index (χ2v) is 5.61. The molecule has 2 aromatic rings. The van der Waals surface area contributed by atoms with Crippen molar-refractivity contribution in [2.24, 2.45) is 0 Å². The molecule has 0 saturated carbocycles. The number of halogens is 3. The van der Waals surface area contributed by atoms with E-state index in [4.69, 9.17) is 5.11 Å². The summed E-state index contributed by atoms with van der Waals surface area (Å²) in [5.74, 6) is 0.489. The van der Waals surface area contributed by atoms with Gasteiger partial charge in [-0.2, -0.15) is 4.68 Å². The Hall–Kier alpha value is -1.81. The van der Waals surface area contributed by atoms with Gasteiger partial charge in [0.2, 0.25) is 5.16 Å². The quantitative estimate of drug-likeness (QED) is 0.584. The van der Waals surface area contributed by atoms with E-state index in [2.05, 4.69) is 20.3 Å². The molecule has 1 aromatic heterocycles. The molecule has 0 saturated heterocycles. The van der Waals surface area contributed by atoms with E-state index < -0.39 is 6.36 Å². The summed E-state index contributed by atoms with van der Waals surface area (Å²) in [6, 6.07) is 5.32. The molecule has 10 heteroatoms. The Morgan fingerprint density at radius 3 is 2.52 bits per heavy atom. The molecule has 0 bridgehead atoms. The van der Waals surface area contributed by atoms with E-state index in [1.54, 1.807) is 0 Å². The van der Waals surface area contributed by atoms with Crippen LogP contribution in [-0.4, -0.2) is 44.0 Å². The molecular weight excluding hydrogens is 333 g/mol. The molecule has 1 heterocycles. The van der Waals surface area contributed by atoms with Gasteiger partial charge in [-0.05, 0) is 47.5 Å². The first-order valence-electron chi connectivity index (χ1n) is 6.88. The van der Waals surface area contributed by atoms with E-state index in [1.165, 1.54) is 40.7 Å². The van der Waals surface area contributed by atoms with Gasteiger partial charge in [0.15, 0.2) is 0 Å². The third kappa shape index (κ3) is 5.71. The smallest absolute Gasteiger partial charge is 0.406 e. The molecule has 0 radical (unpaired) electrons. The Morgan fingerprint density at radius 2 is 1.87 bits per heavy atom. The fourth-order valence-electron chi connectivity index (χ4n) is 1.77. The van der Waals surface area contributed by atoms with E-state index in [0.29, 0.717) is 10.8 Å². The van der Waals surface area contributed by atoms with Gasteiger partial charge in [0, 0.05) is 12.4 Å². The van der Waals surface area contributed by atoms with Crippen LogP contribution in [0.25, 0.3) is 5.69 Å². The van der Waals surface area contributed by atoms with Crippen molar-refractivity contribution < 1.29 is 23.0 Å². The van der Waals surface area contributed by atoms with Gasteiger partial charge >= 0.3 is 6.36 Å². The summed E-state index contributed by atoms with van der Waals surface area (Å²) in [7, 11) is 0. The molecule has 1 N–H and O–H groups in total. The molecule has 0 atom stereocenters. The Kier molecular flexibility index (Phi) is 6.22. The summed E-state index contributed by atoms with van der Waals surface area (Å²) >= 11 is 1.45. The minimum absolute atomic E-state index is 0.175. The third-order valence-corrected chi connectivity index (χ3v) is 3.79. The predicted octanol–water partition coefficient (Wildman–Crippen LogP) is 2.82. The lowest BCUT2D eigenvalue weighted by Gasteiger charge is -2.09. The van der Waals surface area contributed by atoms with E-state index in [9.17, 15) is 13.2 Å². The van der Waals surface area contributed by atoms with Crippen molar-refractivity contribution in [1.29, 1.82) is 0 Å². The van der Waals surface area contributed by atoms with Crippen LogP contribution in [0.1, 0.15) is 19.3 Å². The second-order valence-electron chi connectivity index (χ2n) is 4.55. The van der Waals surface area contributed by atoms with Crippen LogP contribution in [0, 0.1) is 0 Å². The normalized spacial score (nSPS) is 11.7. The molecule has 1 aromatic carbocycles. The van der Waals surface area contributed by atoms with Crippen LogP contribution in [0.2, 0.25) is 0 Å². The molecule has 0 aliphatic rings. The number of hydrogen-bond donors (Lipinski definition) is 1. The van der Waals surface area contributed by atoms with Gasteiger partial charge < -0.3 is 9.84 Å². The van der Waals surface area contributed by atoms with Gasteiger partial charge in [-0.25, -0.2) is 0 Å². The number of tetrazole rings is 1. The zero-order valence-electron chi connectivity index (χ0n) is 12.0. The monoisotopic (exact) mass is 348 g/mol. The molecular formula is C13H15F3N4O2S. The molecule has 6 nitrogen and oxygen atoms in total. The number of ether oxygens (including phenoxy) is 1. The van der Waals surface area contributed by atoms with Crippen LogP contribution in [-0.2, 0) is 0 Å². The molecule has 0 amide bonds. The number of aliphatic hydroxyl groups excluding tert-OH is 1. The standard InChI is InChI=1S/C13H15F3N4O2S/c14-13(15,16)22-11-6-4-10(5-7-11)20-12(17-18-19-20)23-9-3-1-2-8-21/h4-7,21H,1-3,8-9H2. The number of unbranched alkanes of at least 4 members (excludes halogenated alkanes) is 2. The highest BCUT2D eigenvalue weighted by atomic mass is 32.2. The average Bonchev–Trinajstić information content (AvgIpc) is 2.95. The Balaban J connectivity index is 1.98. The van der Waals surface area contributed by atoms with Crippen LogP contribution in [0.4, 0.5) is 13.2 Å². The number of aromatic nitrogens is 4. The summed E-state index contributed by atoms with van der Waals surface area (Å²) in [5, 5.41) is 20.6. The Labute approximate surface area is 134 Å². The minimum atomic E-state index is -4.72. The van der Waals surface area contributed by atoms with E-state index in [-0.39, 0.29) is 12.4 Å². The van der Waals surface area contributed by atoms with Gasteiger partial charge in [-0.3, -0.25) is 0 Å². The highest BCUT2D eigenvalue weighted by Gasteiger charge is 2.31. The molecule has 0 fully saturated rings. The summed E-state index contributed by atoms with van der Waals surface area (Å²) in [6.45, 7) is 0.175. The molecule has 2 rings (SSSR count). The SMILES string of the molecule is OCCCCCSc1nnnn1-c1ccc(OC(F)(F)F)cc1. The fraction of sp³-hybridized carbons (Fsp3) is 0.462. The predicted molar refractivity (Wildman–Crippen MR) is 77.5 cm³/mol. The number of aliphatic hydroxyl groups is 1. The lowest BCUT2D eigenvalue weighted by molar-refractivity contribution is -0.274. The van der Waals surface area contributed by atoms with Crippen molar-refractivity contribution in [3.8, 4) is 11.4 Å². The number of thioether (sulfide) groups is 1. The van der Waals surface area contributed by atoms with Crippen LogP contribution in [0.5, 0.6) is 5.75 Å². The summed E-state index contributed by atoms with van der Waals surface area (Å²) in [5.41, 5.74) is 0.544. The third-order valence-electron chi connectivity index (χ3n) is 2.79. The zero-order chi connectivity index (χ0) is 16.7. The second kappa shape index (κ2) is 8.16. The minimum Gasteiger partial charge on any atom is -0.406 e. The van der Waals surface area contributed by atoms with Gasteiger partial charge in [-0.15, -0.1) is 18.3 Å². The molecule has 0 aliphatic heterocycles. The zero-order valence-corrected chi connectivity index (χ0v) is 12.8. The fourth-order valence-corrected chi connectivity index (χ4v) is 2.66. The highest BCUT2D eigenvalue weighted by molar-refractivity contribution is 7.99. The van der Waals surface area contributed by atoms with E-state index in [0.717, 1.165) is 25.0 Å². The first-order valence-corrected chi connectivity index (χ1v) is 7.86. The van der Waals surface area contributed by atoms with Gasteiger partial charge in [0.05, 0.1) is 5.69 Å². The summed E-state index contributed by atoms with van der Waals surface area (Å²) in [6.07, 6.45) is -2.14. The van der Waals surface area contributed by atoms with Crippen molar-refractivity contribution in [2.75, 3.05) is 12.4 Å². The van der Waals surface area contributed by atoms with Gasteiger partial charge in [-0.1, -0.05) is 18.2 Å². The van der Waals surface area contributed by atoms with Crippen molar-refractivity contribution in [1.82, 2.24) is 20.2 Å². The van der Waals surface area contributed by atoms with Crippen molar-refractivity contribution >= 4 is 11.8 Å². The van der Waals surface area contributed by atoms with Crippen LogP contribution >= 0.6 is 11.8 Å². The largest absolute Gasteiger partial charge is 0.573 e. The van der Waals surface area contributed by atoms with Crippen molar-refractivity contribution in [3.63, 3.8) is 0 Å². The lowest BCUT2D eigenvalue weighted by atomic mass is 10.3. The summed E-state index contributed by atoms with van der Waals surface area (Å²) < 4.78 is 41.7. The maximum Gasteiger partial charge on any atom is 0.573 e. The maximum absolute atomic E-state index is 12.1. The molecule has 0 spiro atoms. The van der Waals surface area contributed by atoms with Crippen LogP contribution in [0.15, 0.2) is 29.4 Å². The molecule has 23 heavy (non-hydrogen) atoms. The number of benzene rings is 1. The first-order chi connectivity index (χ1) is 11.0. The van der Waals surface area contributed by atoms with Crippen molar-refractivity contribution in [3.05, 3.63) is 24.3 Å². The first kappa shape index (κ1) is 17.5.